The van der Waals surface area contributed by atoms with Crippen molar-refractivity contribution in [2.75, 3.05) is 7.05 Å². The minimum Gasteiger partial charge on any atom is -0.479 e. The van der Waals surface area contributed by atoms with Crippen molar-refractivity contribution in [2.45, 2.75) is 19.6 Å². The van der Waals surface area contributed by atoms with Crippen molar-refractivity contribution in [1.82, 2.24) is 15.1 Å². The van der Waals surface area contributed by atoms with E-state index in [4.69, 9.17) is 27.9 Å². The minimum absolute atomic E-state index is 0.151. The Balaban J connectivity index is 1.98. The van der Waals surface area contributed by atoms with Gasteiger partial charge in [-0.05, 0) is 25.1 Å². The number of amides is 1. The molecule has 1 aromatic carbocycles. The molecule has 1 heterocycles. The van der Waals surface area contributed by atoms with Crippen LogP contribution in [0.1, 0.15) is 12.5 Å². The van der Waals surface area contributed by atoms with Gasteiger partial charge in [0, 0.05) is 30.4 Å². The minimum atomic E-state index is -0.652. The summed E-state index contributed by atoms with van der Waals surface area (Å²) >= 11 is 11.8. The van der Waals surface area contributed by atoms with Gasteiger partial charge in [-0.2, -0.15) is 5.10 Å². The first kappa shape index (κ1) is 15.7. The number of aromatic nitrogens is 2. The molecule has 5 nitrogen and oxygen atoms in total. The molecule has 0 saturated heterocycles. The van der Waals surface area contributed by atoms with E-state index in [-0.39, 0.29) is 5.91 Å². The Bertz CT molecular complexity index is 617. The van der Waals surface area contributed by atoms with E-state index < -0.39 is 6.10 Å². The topological polar surface area (TPSA) is 58.2 Å². The van der Waals surface area contributed by atoms with Gasteiger partial charge in [-0.25, -0.2) is 0 Å². The highest BCUT2D eigenvalue weighted by Crippen LogP contribution is 2.28. The van der Waals surface area contributed by atoms with E-state index >= 15 is 0 Å². The Morgan fingerprint density at radius 3 is 2.86 bits per heavy atom. The van der Waals surface area contributed by atoms with Crippen molar-refractivity contribution in [2.24, 2.45) is 0 Å². The summed E-state index contributed by atoms with van der Waals surface area (Å²) in [6.07, 6.45) is 2.76. The van der Waals surface area contributed by atoms with Crippen LogP contribution in [0.4, 0.5) is 0 Å². The zero-order valence-corrected chi connectivity index (χ0v) is 13.1. The number of benzene rings is 1. The van der Waals surface area contributed by atoms with Crippen LogP contribution in [0.2, 0.25) is 10.0 Å². The second-order valence-electron chi connectivity index (χ2n) is 4.64. The van der Waals surface area contributed by atoms with Gasteiger partial charge in [0.1, 0.15) is 5.75 Å². The molecule has 0 aliphatic rings. The summed E-state index contributed by atoms with van der Waals surface area (Å²) in [4.78, 5) is 13.8. The van der Waals surface area contributed by atoms with Crippen LogP contribution in [-0.4, -0.2) is 34.2 Å². The Morgan fingerprint density at radius 1 is 1.48 bits per heavy atom. The van der Waals surface area contributed by atoms with Crippen LogP contribution in [0.15, 0.2) is 30.6 Å². The van der Waals surface area contributed by atoms with E-state index in [1.807, 2.05) is 0 Å². The Labute approximate surface area is 132 Å². The number of hydrogen-bond donors (Lipinski definition) is 1. The summed E-state index contributed by atoms with van der Waals surface area (Å²) in [5.74, 6) is 0.279. The molecule has 7 heteroatoms. The third-order valence-corrected chi connectivity index (χ3v) is 3.43. The first-order valence-corrected chi connectivity index (χ1v) is 7.07. The lowest BCUT2D eigenvalue weighted by atomic mass is 10.3. The van der Waals surface area contributed by atoms with E-state index in [0.29, 0.717) is 22.3 Å². The van der Waals surface area contributed by atoms with Crippen molar-refractivity contribution in [3.05, 3.63) is 46.2 Å². The zero-order valence-electron chi connectivity index (χ0n) is 11.6. The number of rotatable bonds is 5. The molecule has 2 aromatic rings. The predicted molar refractivity (Wildman–Crippen MR) is 81.6 cm³/mol. The van der Waals surface area contributed by atoms with Crippen LogP contribution in [0, 0.1) is 0 Å². The number of ether oxygens (including phenoxy) is 1. The van der Waals surface area contributed by atoms with Gasteiger partial charge >= 0.3 is 0 Å². The molecule has 1 unspecified atom stereocenters. The maximum absolute atomic E-state index is 12.3. The second-order valence-corrected chi connectivity index (χ2v) is 5.48. The van der Waals surface area contributed by atoms with Crippen LogP contribution in [0.5, 0.6) is 5.75 Å². The number of H-pyrrole nitrogens is 1. The number of carbonyl (C=O) groups is 1. The molecule has 2 rings (SSSR count). The van der Waals surface area contributed by atoms with E-state index in [1.54, 1.807) is 49.5 Å². The molecule has 1 atom stereocenters. The van der Waals surface area contributed by atoms with E-state index in [1.165, 1.54) is 0 Å². The normalized spacial score (nSPS) is 12.0. The summed E-state index contributed by atoms with van der Waals surface area (Å²) in [5.41, 5.74) is 0.919. The molecule has 0 radical (unpaired) electrons. The lowest BCUT2D eigenvalue weighted by Gasteiger charge is -2.22. The van der Waals surface area contributed by atoms with Gasteiger partial charge in [0.15, 0.2) is 6.10 Å². The van der Waals surface area contributed by atoms with Gasteiger partial charge in [0.25, 0.3) is 5.91 Å². The van der Waals surface area contributed by atoms with Crippen molar-refractivity contribution in [3.8, 4) is 5.75 Å². The number of nitrogens with one attached hydrogen (secondary N) is 1. The Morgan fingerprint density at radius 2 is 2.24 bits per heavy atom. The lowest BCUT2D eigenvalue weighted by molar-refractivity contribution is -0.137. The molecular weight excluding hydrogens is 313 g/mol. The monoisotopic (exact) mass is 327 g/mol. The van der Waals surface area contributed by atoms with Gasteiger partial charge in [-0.3, -0.25) is 9.89 Å². The summed E-state index contributed by atoms with van der Waals surface area (Å²) in [6, 6.07) is 4.88. The van der Waals surface area contributed by atoms with Crippen LogP contribution in [-0.2, 0) is 11.3 Å². The molecule has 0 aliphatic heterocycles. The average molecular weight is 328 g/mol. The molecule has 0 aliphatic carbocycles. The Kier molecular flexibility index (Phi) is 5.09. The average Bonchev–Trinajstić information content (AvgIpc) is 2.93. The van der Waals surface area contributed by atoms with E-state index in [9.17, 15) is 4.79 Å². The Hall–Kier alpha value is -1.72. The zero-order chi connectivity index (χ0) is 15.4. The number of carbonyl (C=O) groups excluding carboxylic acids is 1. The highest BCUT2D eigenvalue weighted by Gasteiger charge is 2.20. The fourth-order valence-electron chi connectivity index (χ4n) is 1.84. The number of hydrogen-bond acceptors (Lipinski definition) is 3. The molecule has 1 aromatic heterocycles. The molecule has 1 amide bonds. The van der Waals surface area contributed by atoms with Crippen LogP contribution in [0.25, 0.3) is 0 Å². The van der Waals surface area contributed by atoms with Gasteiger partial charge in [0.05, 0.1) is 11.2 Å². The molecule has 0 saturated carbocycles. The standard InChI is InChI=1S/C14H15Cl2N3O2/c1-9(21-13-4-3-11(15)5-12(13)16)14(20)19(2)8-10-6-17-18-7-10/h3-7,9H,8H2,1-2H3,(H,17,18). The summed E-state index contributed by atoms with van der Waals surface area (Å²) in [7, 11) is 1.71. The SMILES string of the molecule is CC(Oc1ccc(Cl)cc1Cl)C(=O)N(C)Cc1cn[nH]c1. The van der Waals surface area contributed by atoms with Crippen molar-refractivity contribution in [1.29, 1.82) is 0 Å². The third kappa shape index (κ3) is 4.12. The van der Waals surface area contributed by atoms with Crippen molar-refractivity contribution < 1.29 is 9.53 Å². The molecule has 0 bridgehead atoms. The third-order valence-electron chi connectivity index (χ3n) is 2.90. The van der Waals surface area contributed by atoms with Crippen molar-refractivity contribution >= 4 is 29.1 Å². The fourth-order valence-corrected chi connectivity index (χ4v) is 2.29. The largest absolute Gasteiger partial charge is 0.479 e. The number of halogens is 2. The highest BCUT2D eigenvalue weighted by atomic mass is 35.5. The maximum atomic E-state index is 12.3. The molecular formula is C14H15Cl2N3O2. The van der Waals surface area contributed by atoms with Gasteiger partial charge < -0.3 is 9.64 Å². The quantitative estimate of drug-likeness (QED) is 0.917. The smallest absolute Gasteiger partial charge is 0.263 e. The van der Waals surface area contributed by atoms with Crippen LogP contribution < -0.4 is 4.74 Å². The lowest BCUT2D eigenvalue weighted by Crippen LogP contribution is -2.37. The molecule has 0 spiro atoms. The van der Waals surface area contributed by atoms with E-state index in [2.05, 4.69) is 10.2 Å². The van der Waals surface area contributed by atoms with Crippen LogP contribution in [0.3, 0.4) is 0 Å². The molecule has 112 valence electrons. The van der Waals surface area contributed by atoms with Gasteiger partial charge in [0.2, 0.25) is 0 Å². The maximum Gasteiger partial charge on any atom is 0.263 e. The van der Waals surface area contributed by atoms with E-state index in [0.717, 1.165) is 5.56 Å². The summed E-state index contributed by atoms with van der Waals surface area (Å²) in [6.45, 7) is 2.14. The van der Waals surface area contributed by atoms with Gasteiger partial charge in [-0.1, -0.05) is 23.2 Å². The number of aromatic amines is 1. The highest BCUT2D eigenvalue weighted by molar-refractivity contribution is 6.35. The van der Waals surface area contributed by atoms with Crippen molar-refractivity contribution in [3.63, 3.8) is 0 Å². The summed E-state index contributed by atoms with van der Waals surface area (Å²) < 4.78 is 5.60. The molecule has 0 fully saturated rings. The predicted octanol–water partition coefficient (Wildman–Crippen LogP) is 3.14. The first-order valence-electron chi connectivity index (χ1n) is 6.31. The molecule has 21 heavy (non-hydrogen) atoms. The fraction of sp³-hybridized carbons (Fsp3) is 0.286. The molecule has 1 N–H and O–H groups in total. The number of nitrogens with zero attached hydrogens (tertiary/aromatic N) is 2. The second kappa shape index (κ2) is 6.83. The summed E-state index contributed by atoms with van der Waals surface area (Å²) in [5, 5.41) is 7.44. The number of likely N-dealkylation sites (N-methyl/N-ethyl adjacent to an activating group) is 1. The van der Waals surface area contributed by atoms with Crippen LogP contribution >= 0.6 is 23.2 Å². The van der Waals surface area contributed by atoms with Gasteiger partial charge in [-0.15, -0.1) is 0 Å². The first-order chi connectivity index (χ1) is 9.97.